The summed E-state index contributed by atoms with van der Waals surface area (Å²) >= 11 is 5.07. The van der Waals surface area contributed by atoms with Crippen molar-refractivity contribution in [3.05, 3.63) is 41.0 Å². The maximum atomic E-state index is 14.1. The van der Waals surface area contributed by atoms with Gasteiger partial charge in [-0.1, -0.05) is 106 Å². The van der Waals surface area contributed by atoms with Crippen LogP contribution in [0.5, 0.6) is 0 Å². The number of carbonyl (C=O) groups excluding carboxylic acids is 4. The van der Waals surface area contributed by atoms with Gasteiger partial charge in [-0.05, 0) is 56.1 Å². The van der Waals surface area contributed by atoms with Crippen LogP contribution in [0.15, 0.2) is 29.8 Å². The van der Waals surface area contributed by atoms with E-state index in [-0.39, 0.29) is 48.6 Å². The molecular formula is C41H62BrN5O5S. The third-order valence-electron chi connectivity index (χ3n) is 10.8. The monoisotopic (exact) mass is 815 g/mol. The number of halogens is 1. The van der Waals surface area contributed by atoms with Gasteiger partial charge in [0.15, 0.2) is 0 Å². The van der Waals surface area contributed by atoms with Gasteiger partial charge in [0.25, 0.3) is 0 Å². The molecule has 4 amide bonds. The molecule has 53 heavy (non-hydrogen) atoms. The molecule has 0 aliphatic carbocycles. The van der Waals surface area contributed by atoms with Crippen molar-refractivity contribution in [3.63, 3.8) is 0 Å². The van der Waals surface area contributed by atoms with Gasteiger partial charge in [-0.2, -0.15) is 0 Å². The minimum absolute atomic E-state index is 0.0226. The van der Waals surface area contributed by atoms with Gasteiger partial charge < -0.3 is 25.5 Å². The van der Waals surface area contributed by atoms with E-state index < -0.39 is 23.6 Å². The average Bonchev–Trinajstić information content (AvgIpc) is 3.75. The number of piperidine rings is 1. The molecule has 10 nitrogen and oxygen atoms in total. The molecule has 4 atom stereocenters. The molecule has 1 aromatic heterocycles. The number of aryl methyl sites for hydroxylation is 1. The second-order valence-corrected chi connectivity index (χ2v) is 17.7. The fraction of sp³-hybridized carbons (Fsp3) is 0.683. The van der Waals surface area contributed by atoms with Crippen LogP contribution in [0.1, 0.15) is 128 Å². The van der Waals surface area contributed by atoms with Gasteiger partial charge in [-0.15, -0.1) is 11.3 Å². The van der Waals surface area contributed by atoms with Crippen molar-refractivity contribution in [3.8, 4) is 10.4 Å². The second-order valence-electron chi connectivity index (χ2n) is 16.1. The Morgan fingerprint density at radius 1 is 0.925 bits per heavy atom. The van der Waals surface area contributed by atoms with Gasteiger partial charge in [0.2, 0.25) is 23.6 Å². The number of benzene rings is 1. The number of amides is 4. The van der Waals surface area contributed by atoms with Gasteiger partial charge >= 0.3 is 0 Å². The molecule has 2 aliphatic heterocycles. The Labute approximate surface area is 329 Å². The fourth-order valence-corrected chi connectivity index (χ4v) is 8.64. The Morgan fingerprint density at radius 2 is 1.53 bits per heavy atom. The average molecular weight is 817 g/mol. The lowest BCUT2D eigenvalue weighted by atomic mass is 9.84. The number of likely N-dealkylation sites (tertiary alicyclic amines) is 2. The van der Waals surface area contributed by atoms with Gasteiger partial charge in [-0.25, -0.2) is 4.98 Å². The number of alkyl halides is 1. The SMILES string of the molecule is Cc1ncsc1-c1ccc(C(C)NC(=O)[C@@H]2C[C@@H](O)CN2C(=O)C(NC(=O)C2CCN(C(=O)CCCCCCCCCCCBr)CC2)C(C)(C)C)cc1. The van der Waals surface area contributed by atoms with Crippen molar-refractivity contribution in [1.82, 2.24) is 25.4 Å². The molecule has 294 valence electrons. The first-order valence-corrected chi connectivity index (χ1v) is 21.7. The molecular weight excluding hydrogens is 754 g/mol. The zero-order chi connectivity index (χ0) is 38.5. The summed E-state index contributed by atoms with van der Waals surface area (Å²) in [4.78, 5) is 63.0. The van der Waals surface area contributed by atoms with E-state index in [0.29, 0.717) is 32.4 Å². The summed E-state index contributed by atoms with van der Waals surface area (Å²) in [5.74, 6) is -1.06. The Morgan fingerprint density at radius 3 is 2.09 bits per heavy atom. The number of aliphatic hydroxyl groups excluding tert-OH is 1. The molecule has 3 N–H and O–H groups in total. The number of aromatic nitrogens is 1. The van der Waals surface area contributed by atoms with Crippen molar-refractivity contribution in [2.45, 2.75) is 142 Å². The van der Waals surface area contributed by atoms with Gasteiger partial charge in [0.1, 0.15) is 12.1 Å². The number of aliphatic hydroxyl groups is 1. The predicted molar refractivity (Wildman–Crippen MR) is 216 cm³/mol. The normalized spacial score (nSPS) is 19.2. The van der Waals surface area contributed by atoms with E-state index in [2.05, 4.69) is 31.5 Å². The summed E-state index contributed by atoms with van der Waals surface area (Å²) in [6.45, 7) is 10.6. The molecule has 0 radical (unpaired) electrons. The minimum Gasteiger partial charge on any atom is -0.391 e. The highest BCUT2D eigenvalue weighted by molar-refractivity contribution is 9.09. The van der Waals surface area contributed by atoms with Crippen LogP contribution in [-0.4, -0.2) is 86.7 Å². The lowest BCUT2D eigenvalue weighted by Crippen LogP contribution is -2.59. The molecule has 2 fully saturated rings. The summed E-state index contributed by atoms with van der Waals surface area (Å²) in [7, 11) is 0. The number of carbonyl (C=O) groups is 4. The molecule has 1 aromatic carbocycles. The minimum atomic E-state index is -0.884. The van der Waals surface area contributed by atoms with E-state index in [9.17, 15) is 24.3 Å². The molecule has 2 unspecified atom stereocenters. The number of hydrogen-bond donors (Lipinski definition) is 3. The van der Waals surface area contributed by atoms with Crippen LogP contribution in [-0.2, 0) is 19.2 Å². The van der Waals surface area contributed by atoms with Crippen molar-refractivity contribution in [2.24, 2.45) is 11.3 Å². The Hall–Kier alpha value is -2.83. The lowest BCUT2D eigenvalue weighted by Gasteiger charge is -2.37. The van der Waals surface area contributed by atoms with Crippen LogP contribution in [0, 0.1) is 18.3 Å². The summed E-state index contributed by atoms with van der Waals surface area (Å²) < 4.78 is 0. The number of rotatable bonds is 18. The number of β-amino-alcohol motifs (C(OH)–C–C–N with tert-alkyl or cyclic N) is 1. The van der Waals surface area contributed by atoms with Crippen molar-refractivity contribution >= 4 is 50.9 Å². The van der Waals surface area contributed by atoms with Gasteiger partial charge in [-0.3, -0.25) is 19.2 Å². The van der Waals surface area contributed by atoms with Crippen LogP contribution in [0.3, 0.4) is 0 Å². The molecule has 4 rings (SSSR count). The van der Waals surface area contributed by atoms with Crippen LogP contribution in [0.4, 0.5) is 0 Å². The lowest BCUT2D eigenvalue weighted by molar-refractivity contribution is -0.145. The van der Waals surface area contributed by atoms with Crippen LogP contribution >= 0.6 is 27.3 Å². The third kappa shape index (κ3) is 12.6. The van der Waals surface area contributed by atoms with Gasteiger partial charge in [0, 0.05) is 43.7 Å². The first-order chi connectivity index (χ1) is 25.3. The summed E-state index contributed by atoms with van der Waals surface area (Å²) in [5.41, 5.74) is 4.15. The van der Waals surface area contributed by atoms with E-state index in [0.717, 1.165) is 39.9 Å². The van der Waals surface area contributed by atoms with Crippen molar-refractivity contribution in [1.29, 1.82) is 0 Å². The Balaban J connectivity index is 1.25. The Kier molecular flexibility index (Phi) is 16.8. The molecule has 0 bridgehead atoms. The molecule has 2 aliphatic rings. The maximum Gasteiger partial charge on any atom is 0.246 e. The standard InChI is InChI=1S/C41H62BrN5O5S/c1-28(30-16-18-31(19-17-30)36-29(2)43-27-53-36)44-39(51)34-25-33(48)26-47(34)40(52)37(41(3,4)5)45-38(50)32-20-23-46(24-21-32)35(49)15-13-11-9-7-6-8-10-12-14-22-42/h16-19,27-28,32-34,37,48H,6-15,20-26H2,1-5H3,(H,44,51)(H,45,50)/t28?,33-,34+,37?/m1/s1. The number of nitrogens with zero attached hydrogens (tertiary/aromatic N) is 3. The predicted octanol–water partition coefficient (Wildman–Crippen LogP) is 7.32. The largest absolute Gasteiger partial charge is 0.391 e. The summed E-state index contributed by atoms with van der Waals surface area (Å²) in [5, 5.41) is 17.8. The molecule has 3 heterocycles. The third-order valence-corrected chi connectivity index (χ3v) is 12.3. The first-order valence-electron chi connectivity index (χ1n) is 19.7. The first kappa shape index (κ1) is 42.9. The van der Waals surface area contributed by atoms with Crippen LogP contribution < -0.4 is 10.6 Å². The summed E-state index contributed by atoms with van der Waals surface area (Å²) in [6, 6.07) is 5.94. The highest BCUT2D eigenvalue weighted by Crippen LogP contribution is 2.30. The van der Waals surface area contributed by atoms with E-state index in [1.54, 1.807) is 11.3 Å². The molecule has 2 aromatic rings. The maximum absolute atomic E-state index is 14.1. The zero-order valence-electron chi connectivity index (χ0n) is 32.5. The topological polar surface area (TPSA) is 132 Å². The molecule has 12 heteroatoms. The van der Waals surface area contributed by atoms with Crippen molar-refractivity contribution in [2.75, 3.05) is 25.0 Å². The highest BCUT2D eigenvalue weighted by atomic mass is 79.9. The van der Waals surface area contributed by atoms with E-state index >= 15 is 0 Å². The smallest absolute Gasteiger partial charge is 0.246 e. The van der Waals surface area contributed by atoms with Crippen LogP contribution in [0.25, 0.3) is 10.4 Å². The number of nitrogens with one attached hydrogen (secondary N) is 2. The second kappa shape index (κ2) is 20.7. The molecule has 2 saturated heterocycles. The fourth-order valence-electron chi connectivity index (χ4n) is 7.43. The summed E-state index contributed by atoms with van der Waals surface area (Å²) in [6.07, 6.45) is 11.7. The Bertz CT molecular complexity index is 1490. The highest BCUT2D eigenvalue weighted by Gasteiger charge is 2.45. The number of thiazole rings is 1. The molecule has 0 spiro atoms. The van der Waals surface area contributed by atoms with E-state index in [4.69, 9.17) is 0 Å². The quantitative estimate of drug-likeness (QED) is 0.107. The van der Waals surface area contributed by atoms with Crippen molar-refractivity contribution < 1.29 is 24.3 Å². The van der Waals surface area contributed by atoms with Gasteiger partial charge in [0.05, 0.1) is 28.2 Å². The zero-order valence-corrected chi connectivity index (χ0v) is 34.9. The number of unbranched alkanes of at least 4 members (excludes halogenated alkanes) is 8. The number of hydrogen-bond acceptors (Lipinski definition) is 7. The van der Waals surface area contributed by atoms with E-state index in [1.807, 2.05) is 69.3 Å². The van der Waals surface area contributed by atoms with E-state index in [1.165, 1.54) is 49.8 Å². The molecule has 0 saturated carbocycles. The van der Waals surface area contributed by atoms with Crippen LogP contribution in [0.2, 0.25) is 0 Å².